The monoisotopic (exact) mass is 876 g/mol. The molecular weight excluding hydrogens is 821 g/mol. The summed E-state index contributed by atoms with van der Waals surface area (Å²) in [5.41, 5.74) is 22.4. The van der Waals surface area contributed by atoms with Crippen molar-refractivity contribution >= 4 is 60.0 Å². The Morgan fingerprint density at radius 2 is 1.06 bits per heavy atom. The van der Waals surface area contributed by atoms with Crippen LogP contribution in [0.15, 0.2) is 206 Å². The van der Waals surface area contributed by atoms with E-state index in [4.69, 9.17) is 0 Å². The Hall–Kier alpha value is -7.68. The van der Waals surface area contributed by atoms with Gasteiger partial charge in [-0.3, -0.25) is 0 Å². The Morgan fingerprint density at radius 3 is 1.65 bits per heavy atom. The number of benzene rings is 8. The van der Waals surface area contributed by atoms with E-state index in [-0.39, 0.29) is 23.7 Å². The highest BCUT2D eigenvalue weighted by molar-refractivity contribution is 6.18. The fraction of sp³-hybridized carbons (Fsp3) is 0.152. The second-order valence-corrected chi connectivity index (χ2v) is 19.3. The molecule has 0 aliphatic heterocycles. The van der Waals surface area contributed by atoms with Gasteiger partial charge in [0.2, 0.25) is 0 Å². The number of fused-ring (bicyclic) bond motifs is 9. The summed E-state index contributed by atoms with van der Waals surface area (Å²) in [6.07, 6.45) is 14.8. The van der Waals surface area contributed by atoms with Crippen molar-refractivity contribution < 1.29 is 0 Å². The molecule has 2 nitrogen and oxygen atoms in total. The Bertz CT molecular complexity index is 3820. The van der Waals surface area contributed by atoms with Crippen molar-refractivity contribution in [1.29, 1.82) is 0 Å². The van der Waals surface area contributed by atoms with Crippen LogP contribution >= 0.6 is 0 Å². The van der Waals surface area contributed by atoms with Crippen molar-refractivity contribution in [3.05, 3.63) is 234 Å². The van der Waals surface area contributed by atoms with Crippen LogP contribution in [0.5, 0.6) is 0 Å². The molecule has 2 heteroatoms. The molecular formula is C66H56N2. The summed E-state index contributed by atoms with van der Waals surface area (Å²) in [4.78, 5) is 0. The number of hydrogen-bond acceptors (Lipinski definition) is 0. The Labute approximate surface area is 400 Å². The molecule has 2 aliphatic rings. The maximum absolute atomic E-state index is 4.09. The number of para-hydroxylation sites is 2. The molecule has 2 aromatic heterocycles. The molecule has 0 amide bonds. The lowest BCUT2D eigenvalue weighted by Gasteiger charge is -2.42. The highest BCUT2D eigenvalue weighted by Crippen LogP contribution is 2.61. The normalized spacial score (nSPS) is 18.3. The largest absolute Gasteiger partial charge is 0.309 e. The van der Waals surface area contributed by atoms with Crippen molar-refractivity contribution in [1.82, 2.24) is 9.13 Å². The zero-order chi connectivity index (χ0) is 46.4. The summed E-state index contributed by atoms with van der Waals surface area (Å²) in [5, 5.41) is 7.82. The van der Waals surface area contributed by atoms with Gasteiger partial charge in [-0.05, 0) is 170 Å². The van der Waals surface area contributed by atoms with E-state index in [9.17, 15) is 0 Å². The van der Waals surface area contributed by atoms with Gasteiger partial charge in [-0.1, -0.05) is 168 Å². The van der Waals surface area contributed by atoms with Gasteiger partial charge in [0.25, 0.3) is 0 Å². The fourth-order valence-electron chi connectivity index (χ4n) is 12.3. The maximum Gasteiger partial charge on any atom is 0.0582 e. The minimum atomic E-state index is 0.257. The van der Waals surface area contributed by atoms with Crippen molar-refractivity contribution in [3.63, 3.8) is 0 Å². The summed E-state index contributed by atoms with van der Waals surface area (Å²) >= 11 is 0. The Morgan fingerprint density at radius 1 is 0.500 bits per heavy atom. The molecule has 4 atom stereocenters. The number of allylic oxidation sites excluding steroid dienone is 9. The maximum atomic E-state index is 4.09. The molecule has 68 heavy (non-hydrogen) atoms. The van der Waals surface area contributed by atoms with E-state index in [2.05, 4.69) is 245 Å². The minimum absolute atomic E-state index is 0.257. The van der Waals surface area contributed by atoms with Gasteiger partial charge in [0, 0.05) is 32.9 Å². The van der Waals surface area contributed by atoms with E-state index >= 15 is 0 Å². The summed E-state index contributed by atoms with van der Waals surface area (Å²) in [6.45, 7) is 18.2. The van der Waals surface area contributed by atoms with Gasteiger partial charge < -0.3 is 9.13 Å². The van der Waals surface area contributed by atoms with Crippen LogP contribution in [0.4, 0.5) is 0 Å². The Kier molecular flexibility index (Phi) is 9.99. The van der Waals surface area contributed by atoms with Crippen LogP contribution in [0, 0.1) is 0 Å². The van der Waals surface area contributed by atoms with Gasteiger partial charge in [0.1, 0.15) is 0 Å². The third-order valence-electron chi connectivity index (χ3n) is 15.7. The molecule has 0 N–H and O–H groups in total. The van der Waals surface area contributed by atoms with E-state index in [1.165, 1.54) is 121 Å². The minimum Gasteiger partial charge on any atom is -0.309 e. The van der Waals surface area contributed by atoms with Crippen LogP contribution in [-0.4, -0.2) is 9.13 Å². The molecule has 12 rings (SSSR count). The number of aromatic nitrogens is 2. The molecule has 0 radical (unpaired) electrons. The van der Waals surface area contributed by atoms with E-state index in [0.717, 1.165) is 5.57 Å². The molecule has 2 heterocycles. The first-order valence-electron chi connectivity index (χ1n) is 24.5. The number of hydrogen-bond donors (Lipinski definition) is 0. The summed E-state index contributed by atoms with van der Waals surface area (Å²) in [6, 6.07) is 57.2. The van der Waals surface area contributed by atoms with Crippen LogP contribution in [0.25, 0.3) is 93.6 Å². The van der Waals surface area contributed by atoms with Crippen LogP contribution in [0.2, 0.25) is 0 Å². The zero-order valence-corrected chi connectivity index (χ0v) is 39.9. The lowest BCUT2D eigenvalue weighted by molar-refractivity contribution is 0.584. The van der Waals surface area contributed by atoms with Crippen LogP contribution in [0.1, 0.15) is 93.0 Å². The van der Waals surface area contributed by atoms with Crippen LogP contribution in [-0.2, 0) is 0 Å². The topological polar surface area (TPSA) is 9.86 Å². The van der Waals surface area contributed by atoms with Gasteiger partial charge in [-0.25, -0.2) is 0 Å². The van der Waals surface area contributed by atoms with Crippen molar-refractivity contribution in [2.24, 2.45) is 0 Å². The average molecular weight is 877 g/mol. The van der Waals surface area contributed by atoms with Crippen LogP contribution in [0.3, 0.4) is 0 Å². The summed E-state index contributed by atoms with van der Waals surface area (Å²) < 4.78 is 5.17. The van der Waals surface area contributed by atoms with Gasteiger partial charge in [0.15, 0.2) is 0 Å². The molecule has 0 saturated heterocycles. The third-order valence-corrected chi connectivity index (χ3v) is 15.7. The van der Waals surface area contributed by atoms with Gasteiger partial charge in [-0.2, -0.15) is 0 Å². The third kappa shape index (κ3) is 6.09. The molecule has 0 spiro atoms. The molecule has 0 saturated carbocycles. The quantitative estimate of drug-likeness (QED) is 0.135. The first-order valence-corrected chi connectivity index (χ1v) is 24.5. The first-order chi connectivity index (χ1) is 33.3. The number of nitrogens with zero attached hydrogens (tertiary/aromatic N) is 2. The molecule has 0 bridgehead atoms. The lowest BCUT2D eigenvalue weighted by Crippen LogP contribution is -2.24. The molecule has 8 aromatic carbocycles. The molecule has 2 aliphatic carbocycles. The van der Waals surface area contributed by atoms with E-state index in [1.807, 2.05) is 6.08 Å². The lowest BCUT2D eigenvalue weighted by atomic mass is 9.62. The fourth-order valence-corrected chi connectivity index (χ4v) is 12.3. The van der Waals surface area contributed by atoms with Crippen LogP contribution < -0.4 is 0 Å². The van der Waals surface area contributed by atoms with E-state index in [1.54, 1.807) is 0 Å². The standard InChI is InChI=1S/C66H56N2/c1-8-11-29-50(44(21-9-2)22-10-3)46-32-34-59-55(36-46)57-38-53-40(4)43(7)62-64-54(41(5)42(6)61(63(53)64)65(57)67(59)48-25-14-12-15-26-48)39-58-56-37-47(52-31-20-24-45-23-18-19-30-51(45)52)33-35-60(56)68(66(58)62)49-27-16-13-17-28-49/h8-43H,2H2,1,3-7H3/b11-8-,22-10-,44-21+,50-29+. The average Bonchev–Trinajstić information content (AvgIpc) is 3.88. The molecule has 330 valence electrons. The number of rotatable bonds is 8. The van der Waals surface area contributed by atoms with Crippen molar-refractivity contribution in [2.45, 2.75) is 65.2 Å². The van der Waals surface area contributed by atoms with Gasteiger partial charge in [0.05, 0.1) is 22.1 Å². The highest BCUT2D eigenvalue weighted by Gasteiger charge is 2.42. The highest BCUT2D eigenvalue weighted by atomic mass is 15.0. The molecule has 4 unspecified atom stereocenters. The Balaban J connectivity index is 1.20. The van der Waals surface area contributed by atoms with Gasteiger partial charge in [-0.15, -0.1) is 0 Å². The van der Waals surface area contributed by atoms with E-state index < -0.39 is 0 Å². The van der Waals surface area contributed by atoms with Gasteiger partial charge >= 0.3 is 0 Å². The summed E-state index contributed by atoms with van der Waals surface area (Å²) in [7, 11) is 0. The predicted octanol–water partition coefficient (Wildman–Crippen LogP) is 18.5. The smallest absolute Gasteiger partial charge is 0.0582 e. The zero-order valence-electron chi connectivity index (χ0n) is 39.9. The van der Waals surface area contributed by atoms with E-state index in [0.29, 0.717) is 0 Å². The second kappa shape index (κ2) is 16.3. The first kappa shape index (κ1) is 41.7. The summed E-state index contributed by atoms with van der Waals surface area (Å²) in [5.74, 6) is 1.06. The molecule has 10 aromatic rings. The SMILES string of the molecule is C=C/C=C(\C=C/C)C(=C\C=C/C)/c1ccc2c(c1)c1cc3c4c(c1n2-c1ccccc1)C(C)C(C)c1cc2c5cc(-c6cccc7ccccc67)ccc5n(-c5ccccc5)c2c(c1-4)C(C)C3C. The molecule has 0 fully saturated rings. The second-order valence-electron chi connectivity index (χ2n) is 19.3. The van der Waals surface area contributed by atoms with Crippen molar-refractivity contribution in [2.75, 3.05) is 0 Å². The van der Waals surface area contributed by atoms with Crippen molar-refractivity contribution in [3.8, 4) is 33.6 Å². The predicted molar refractivity (Wildman–Crippen MR) is 293 cm³/mol.